The Morgan fingerprint density at radius 1 is 1.36 bits per heavy atom. The van der Waals surface area contributed by atoms with Gasteiger partial charge in [-0.2, -0.15) is 9.78 Å². The maximum absolute atomic E-state index is 12.6. The van der Waals surface area contributed by atoms with E-state index < -0.39 is 5.91 Å². The molecule has 1 amide bonds. The van der Waals surface area contributed by atoms with Crippen LogP contribution in [-0.2, 0) is 6.42 Å². The molecule has 0 aliphatic carbocycles. The van der Waals surface area contributed by atoms with Gasteiger partial charge in [-0.25, -0.2) is 10.1 Å². The Kier molecular flexibility index (Phi) is 5.63. The first-order valence-corrected chi connectivity index (χ1v) is 8.57. The number of anilines is 1. The summed E-state index contributed by atoms with van der Waals surface area (Å²) in [5.41, 5.74) is 10.2. The van der Waals surface area contributed by atoms with E-state index in [1.54, 1.807) is 14.0 Å². The molecule has 0 saturated carbocycles. The van der Waals surface area contributed by atoms with Gasteiger partial charge in [0.05, 0.1) is 18.5 Å². The number of amides is 1. The number of nitrogen functional groups attached to an aromatic ring is 1. The zero-order chi connectivity index (χ0) is 20.1. The Balaban J connectivity index is 1.87. The minimum atomic E-state index is -0.501. The fraction of sp³-hybridized carbons (Fsp3) is 0.294. The number of carbonyl (C=O) groups is 1. The minimum Gasteiger partial charge on any atom is -0.496 e. The molecule has 146 valence electrons. The molecular weight excluding hydrogens is 364 g/mol. The number of carbonyl (C=O) groups excluding carboxylic acids is 1. The number of rotatable bonds is 7. The second kappa shape index (κ2) is 8.29. The Morgan fingerprint density at radius 3 is 2.82 bits per heavy atom. The van der Waals surface area contributed by atoms with Gasteiger partial charge in [-0.1, -0.05) is 30.7 Å². The van der Waals surface area contributed by atoms with Gasteiger partial charge in [-0.15, -0.1) is 5.10 Å². The van der Waals surface area contributed by atoms with Crippen LogP contribution in [0.15, 0.2) is 34.0 Å². The molecule has 1 aromatic carbocycles. The van der Waals surface area contributed by atoms with Gasteiger partial charge in [0.1, 0.15) is 5.75 Å². The van der Waals surface area contributed by atoms with E-state index in [1.807, 2.05) is 31.2 Å². The van der Waals surface area contributed by atoms with E-state index in [2.05, 4.69) is 35.8 Å². The maximum atomic E-state index is 12.6. The number of nitrogens with one attached hydrogen (secondary N) is 1. The van der Waals surface area contributed by atoms with Crippen molar-refractivity contribution in [3.05, 3.63) is 41.2 Å². The molecule has 28 heavy (non-hydrogen) atoms. The fourth-order valence-electron chi connectivity index (χ4n) is 2.64. The molecular formula is C17H20N8O3. The monoisotopic (exact) mass is 384 g/mol. The van der Waals surface area contributed by atoms with Gasteiger partial charge < -0.3 is 10.5 Å². The Bertz CT molecular complexity index is 1010. The molecule has 0 saturated heterocycles. The van der Waals surface area contributed by atoms with Crippen molar-refractivity contribution in [1.82, 2.24) is 30.7 Å². The molecule has 0 radical (unpaired) electrons. The SMILES string of the molecule is CCCc1c(C(=O)N/N=C(/C)c2ccccc2OC)nnn1-c1nonc1N. The predicted molar refractivity (Wildman–Crippen MR) is 100 cm³/mol. The van der Waals surface area contributed by atoms with Crippen molar-refractivity contribution in [3.63, 3.8) is 0 Å². The molecule has 2 heterocycles. The van der Waals surface area contributed by atoms with E-state index >= 15 is 0 Å². The van der Waals surface area contributed by atoms with E-state index in [-0.39, 0.29) is 17.3 Å². The molecule has 11 heteroatoms. The molecule has 0 fully saturated rings. The smallest absolute Gasteiger partial charge is 0.293 e. The van der Waals surface area contributed by atoms with Gasteiger partial charge in [0.25, 0.3) is 5.91 Å². The first-order chi connectivity index (χ1) is 13.6. The third-order valence-electron chi connectivity index (χ3n) is 3.98. The molecule has 11 nitrogen and oxygen atoms in total. The molecule has 0 atom stereocenters. The molecule has 0 aliphatic rings. The van der Waals surface area contributed by atoms with Crippen molar-refractivity contribution >= 4 is 17.4 Å². The lowest BCUT2D eigenvalue weighted by atomic mass is 10.1. The van der Waals surface area contributed by atoms with Gasteiger partial charge in [0.2, 0.25) is 11.6 Å². The number of hydrazone groups is 1. The molecule has 2 aromatic heterocycles. The highest BCUT2D eigenvalue weighted by atomic mass is 16.6. The lowest BCUT2D eigenvalue weighted by molar-refractivity contribution is 0.0948. The Morgan fingerprint density at radius 2 is 2.14 bits per heavy atom. The highest BCUT2D eigenvalue weighted by molar-refractivity contribution is 6.02. The van der Waals surface area contributed by atoms with Gasteiger partial charge in [-0.05, 0) is 35.8 Å². The lowest BCUT2D eigenvalue weighted by Gasteiger charge is -2.08. The maximum Gasteiger partial charge on any atom is 0.293 e. The van der Waals surface area contributed by atoms with E-state index in [1.165, 1.54) is 4.68 Å². The quantitative estimate of drug-likeness (QED) is 0.458. The highest BCUT2D eigenvalue weighted by Gasteiger charge is 2.23. The Labute approximate surface area is 160 Å². The Hall–Kier alpha value is -3.76. The summed E-state index contributed by atoms with van der Waals surface area (Å²) in [4.78, 5) is 12.6. The van der Waals surface area contributed by atoms with Crippen LogP contribution in [0.2, 0.25) is 0 Å². The highest BCUT2D eigenvalue weighted by Crippen LogP contribution is 2.19. The van der Waals surface area contributed by atoms with E-state index in [9.17, 15) is 4.79 Å². The van der Waals surface area contributed by atoms with Crippen LogP contribution >= 0.6 is 0 Å². The topological polar surface area (TPSA) is 146 Å². The van der Waals surface area contributed by atoms with Crippen molar-refractivity contribution < 1.29 is 14.2 Å². The number of ether oxygens (including phenoxy) is 1. The first kappa shape index (κ1) is 19.0. The van der Waals surface area contributed by atoms with E-state index in [0.717, 1.165) is 12.0 Å². The minimum absolute atomic E-state index is 0.0549. The number of hydrogen-bond acceptors (Lipinski definition) is 9. The first-order valence-electron chi connectivity index (χ1n) is 8.57. The summed E-state index contributed by atoms with van der Waals surface area (Å²) in [6, 6.07) is 7.38. The molecule has 3 rings (SSSR count). The van der Waals surface area contributed by atoms with Crippen molar-refractivity contribution in [1.29, 1.82) is 0 Å². The van der Waals surface area contributed by atoms with Gasteiger partial charge >= 0.3 is 0 Å². The molecule has 3 aromatic rings. The summed E-state index contributed by atoms with van der Waals surface area (Å²) in [6.45, 7) is 3.73. The lowest BCUT2D eigenvalue weighted by Crippen LogP contribution is -2.22. The zero-order valence-corrected chi connectivity index (χ0v) is 15.7. The van der Waals surface area contributed by atoms with Crippen molar-refractivity contribution in [2.24, 2.45) is 5.10 Å². The number of nitrogens with two attached hydrogens (primary N) is 1. The average Bonchev–Trinajstić information content (AvgIpc) is 3.31. The summed E-state index contributed by atoms with van der Waals surface area (Å²) >= 11 is 0. The average molecular weight is 384 g/mol. The molecule has 0 spiro atoms. The number of benzene rings is 1. The summed E-state index contributed by atoms with van der Waals surface area (Å²) in [6.07, 6.45) is 1.28. The number of hydrogen-bond donors (Lipinski definition) is 2. The normalized spacial score (nSPS) is 11.5. The predicted octanol–water partition coefficient (Wildman–Crippen LogP) is 1.35. The molecule has 0 bridgehead atoms. The standard InChI is InChI=1S/C17H20N8O3/c1-4-7-12-14(20-24-25(12)16-15(18)22-28-23-16)17(26)21-19-10(2)11-8-5-6-9-13(11)27-3/h5-6,8-9H,4,7H2,1-3H3,(H2,18,22)(H,21,26)/b19-10-. The number of nitrogens with zero attached hydrogens (tertiary/aromatic N) is 6. The molecule has 0 aliphatic heterocycles. The van der Waals surface area contributed by atoms with Gasteiger partial charge in [0.15, 0.2) is 5.69 Å². The molecule has 3 N–H and O–H groups in total. The summed E-state index contributed by atoms with van der Waals surface area (Å²) in [7, 11) is 1.57. The van der Waals surface area contributed by atoms with Crippen LogP contribution in [0.25, 0.3) is 5.82 Å². The third-order valence-corrected chi connectivity index (χ3v) is 3.98. The van der Waals surface area contributed by atoms with Crippen LogP contribution in [0.5, 0.6) is 5.75 Å². The third kappa shape index (κ3) is 3.68. The number of methoxy groups -OCH3 is 1. The second-order valence-corrected chi connectivity index (χ2v) is 5.86. The summed E-state index contributed by atoms with van der Waals surface area (Å²) < 4.78 is 11.3. The molecule has 0 unspecified atom stereocenters. The van der Waals surface area contributed by atoms with E-state index in [0.29, 0.717) is 23.6 Å². The van der Waals surface area contributed by atoms with Gasteiger partial charge in [0, 0.05) is 5.56 Å². The van der Waals surface area contributed by atoms with Crippen LogP contribution < -0.4 is 15.9 Å². The summed E-state index contributed by atoms with van der Waals surface area (Å²) in [5, 5.41) is 19.3. The van der Waals surface area contributed by atoms with Gasteiger partial charge in [-0.3, -0.25) is 4.79 Å². The second-order valence-electron chi connectivity index (χ2n) is 5.86. The number of aromatic nitrogens is 5. The van der Waals surface area contributed by atoms with Crippen LogP contribution in [0.1, 0.15) is 42.0 Å². The zero-order valence-electron chi connectivity index (χ0n) is 15.7. The van der Waals surface area contributed by atoms with Crippen molar-refractivity contribution in [3.8, 4) is 11.6 Å². The fourth-order valence-corrected chi connectivity index (χ4v) is 2.64. The van der Waals surface area contributed by atoms with E-state index in [4.69, 9.17) is 10.5 Å². The van der Waals surface area contributed by atoms with Crippen molar-refractivity contribution in [2.45, 2.75) is 26.7 Å². The van der Waals surface area contributed by atoms with Crippen LogP contribution in [0.3, 0.4) is 0 Å². The summed E-state index contributed by atoms with van der Waals surface area (Å²) in [5.74, 6) is 0.395. The number of para-hydroxylation sites is 1. The largest absolute Gasteiger partial charge is 0.496 e. The van der Waals surface area contributed by atoms with Crippen LogP contribution in [-0.4, -0.2) is 44.0 Å². The van der Waals surface area contributed by atoms with Crippen molar-refractivity contribution in [2.75, 3.05) is 12.8 Å². The van der Waals surface area contributed by atoms with Crippen LogP contribution in [0.4, 0.5) is 5.82 Å². The van der Waals surface area contributed by atoms with Crippen LogP contribution in [0, 0.1) is 0 Å².